The van der Waals surface area contributed by atoms with E-state index < -0.39 is 5.97 Å². The summed E-state index contributed by atoms with van der Waals surface area (Å²) in [4.78, 5) is 13.6. The van der Waals surface area contributed by atoms with E-state index in [-0.39, 0.29) is 0 Å². The predicted molar refractivity (Wildman–Crippen MR) is 94.4 cm³/mol. The number of benzene rings is 1. The van der Waals surface area contributed by atoms with Crippen LogP contribution in [0.3, 0.4) is 0 Å². The van der Waals surface area contributed by atoms with Crippen molar-refractivity contribution < 1.29 is 18.4 Å². The minimum Gasteiger partial charge on any atom is -0.465 e. The SMILES string of the molecule is COC(=O)c1cc(CN(C)Cc2nnc(-c3cccc(C)c3)o2)oc1C. The van der Waals surface area contributed by atoms with Crippen molar-refractivity contribution in [2.75, 3.05) is 14.2 Å². The van der Waals surface area contributed by atoms with Gasteiger partial charge in [-0.1, -0.05) is 17.7 Å². The molecule has 0 fully saturated rings. The number of nitrogens with zero attached hydrogens (tertiary/aromatic N) is 3. The van der Waals surface area contributed by atoms with Crippen LogP contribution in [0, 0.1) is 13.8 Å². The van der Waals surface area contributed by atoms with Gasteiger partial charge in [-0.05, 0) is 39.1 Å². The van der Waals surface area contributed by atoms with Crippen LogP contribution < -0.4 is 0 Å². The van der Waals surface area contributed by atoms with Gasteiger partial charge in [-0.15, -0.1) is 10.2 Å². The molecule has 0 saturated carbocycles. The van der Waals surface area contributed by atoms with Crippen LogP contribution in [0.4, 0.5) is 0 Å². The van der Waals surface area contributed by atoms with E-state index in [4.69, 9.17) is 13.6 Å². The van der Waals surface area contributed by atoms with E-state index >= 15 is 0 Å². The zero-order valence-electron chi connectivity index (χ0n) is 15.3. The standard InChI is InChI=1S/C19H21N3O4/c1-12-6-5-7-14(8-12)18-21-20-17(26-18)11-22(3)10-15-9-16(13(2)25-15)19(23)24-4/h5-9H,10-11H2,1-4H3. The van der Waals surface area contributed by atoms with Gasteiger partial charge in [-0.2, -0.15) is 0 Å². The van der Waals surface area contributed by atoms with Gasteiger partial charge in [-0.3, -0.25) is 4.90 Å². The van der Waals surface area contributed by atoms with E-state index in [9.17, 15) is 4.79 Å². The van der Waals surface area contributed by atoms with E-state index in [1.165, 1.54) is 7.11 Å². The fraction of sp³-hybridized carbons (Fsp3) is 0.316. The lowest BCUT2D eigenvalue weighted by molar-refractivity contribution is 0.0599. The first kappa shape index (κ1) is 17.9. The van der Waals surface area contributed by atoms with Gasteiger partial charge in [-0.25, -0.2) is 4.79 Å². The van der Waals surface area contributed by atoms with E-state index in [1.54, 1.807) is 13.0 Å². The summed E-state index contributed by atoms with van der Waals surface area (Å²) >= 11 is 0. The maximum atomic E-state index is 11.7. The average molecular weight is 355 g/mol. The Hall–Kier alpha value is -2.93. The van der Waals surface area contributed by atoms with Crippen molar-refractivity contribution in [2.45, 2.75) is 26.9 Å². The normalized spacial score (nSPS) is 11.1. The highest BCUT2D eigenvalue weighted by molar-refractivity contribution is 5.90. The molecule has 7 nitrogen and oxygen atoms in total. The zero-order chi connectivity index (χ0) is 18.7. The van der Waals surface area contributed by atoms with Crippen molar-refractivity contribution in [1.29, 1.82) is 0 Å². The van der Waals surface area contributed by atoms with Crippen molar-refractivity contribution in [1.82, 2.24) is 15.1 Å². The Kier molecular flexibility index (Phi) is 5.18. The Bertz CT molecular complexity index is 913. The molecule has 0 aliphatic heterocycles. The molecule has 1 aromatic carbocycles. The Labute approximate surface area is 151 Å². The number of hydrogen-bond donors (Lipinski definition) is 0. The second-order valence-corrected chi connectivity index (χ2v) is 6.22. The van der Waals surface area contributed by atoms with Crippen LogP contribution in [0.1, 0.15) is 33.3 Å². The van der Waals surface area contributed by atoms with Crippen LogP contribution >= 0.6 is 0 Å². The first-order valence-electron chi connectivity index (χ1n) is 8.22. The molecule has 0 bridgehead atoms. The summed E-state index contributed by atoms with van der Waals surface area (Å²) in [5.41, 5.74) is 2.47. The van der Waals surface area contributed by atoms with Crippen LogP contribution in [0.5, 0.6) is 0 Å². The van der Waals surface area contributed by atoms with Crippen LogP contribution in [0.25, 0.3) is 11.5 Å². The van der Waals surface area contributed by atoms with Crippen molar-refractivity contribution in [3.05, 3.63) is 58.9 Å². The van der Waals surface area contributed by atoms with E-state index in [0.717, 1.165) is 11.1 Å². The fourth-order valence-electron chi connectivity index (χ4n) is 2.70. The molecule has 0 atom stereocenters. The second kappa shape index (κ2) is 7.53. The summed E-state index contributed by atoms with van der Waals surface area (Å²) in [5, 5.41) is 8.22. The Morgan fingerprint density at radius 3 is 2.69 bits per heavy atom. The van der Waals surface area contributed by atoms with Crippen LogP contribution in [-0.4, -0.2) is 35.2 Å². The number of carbonyl (C=O) groups is 1. The average Bonchev–Trinajstić information content (AvgIpc) is 3.21. The molecule has 136 valence electrons. The van der Waals surface area contributed by atoms with Gasteiger partial charge in [0.2, 0.25) is 11.8 Å². The molecule has 3 rings (SSSR count). The highest BCUT2D eigenvalue weighted by Gasteiger charge is 2.17. The number of hydrogen-bond acceptors (Lipinski definition) is 7. The van der Waals surface area contributed by atoms with Crippen molar-refractivity contribution in [3.63, 3.8) is 0 Å². The Morgan fingerprint density at radius 1 is 1.15 bits per heavy atom. The van der Waals surface area contributed by atoms with Crippen LogP contribution in [0.2, 0.25) is 0 Å². The summed E-state index contributed by atoms with van der Waals surface area (Å²) in [5.74, 6) is 1.82. The third-order valence-corrected chi connectivity index (χ3v) is 3.94. The maximum absolute atomic E-state index is 11.7. The van der Waals surface area contributed by atoms with Crippen LogP contribution in [-0.2, 0) is 17.8 Å². The molecule has 0 spiro atoms. The number of carbonyl (C=O) groups excluding carboxylic acids is 1. The molecule has 2 aromatic heterocycles. The molecular weight excluding hydrogens is 334 g/mol. The lowest BCUT2D eigenvalue weighted by Crippen LogP contribution is -2.17. The number of furan rings is 1. The molecule has 26 heavy (non-hydrogen) atoms. The first-order chi connectivity index (χ1) is 12.5. The fourth-order valence-corrected chi connectivity index (χ4v) is 2.70. The molecule has 0 unspecified atom stereocenters. The molecular formula is C19H21N3O4. The summed E-state index contributed by atoms with van der Waals surface area (Å²) < 4.78 is 16.1. The quantitative estimate of drug-likeness (QED) is 0.627. The Balaban J connectivity index is 1.66. The van der Waals surface area contributed by atoms with Gasteiger partial charge in [0.1, 0.15) is 17.1 Å². The maximum Gasteiger partial charge on any atom is 0.341 e. The minimum absolute atomic E-state index is 0.403. The largest absolute Gasteiger partial charge is 0.465 e. The molecule has 0 radical (unpaired) electrons. The molecule has 0 amide bonds. The number of aryl methyl sites for hydroxylation is 2. The molecule has 2 heterocycles. The number of rotatable bonds is 6. The van der Waals surface area contributed by atoms with Crippen molar-refractivity contribution >= 4 is 5.97 Å². The predicted octanol–water partition coefficient (Wildman–Crippen LogP) is 3.37. The highest BCUT2D eigenvalue weighted by Crippen LogP contribution is 2.20. The molecule has 7 heteroatoms. The van der Waals surface area contributed by atoms with Crippen LogP contribution in [0.15, 0.2) is 39.2 Å². The molecule has 0 saturated heterocycles. The second-order valence-electron chi connectivity index (χ2n) is 6.22. The van der Waals surface area contributed by atoms with Crippen molar-refractivity contribution in [2.24, 2.45) is 0 Å². The van der Waals surface area contributed by atoms with Gasteiger partial charge in [0, 0.05) is 5.56 Å². The number of methoxy groups -OCH3 is 1. The van der Waals surface area contributed by atoms with E-state index in [2.05, 4.69) is 10.2 Å². The summed E-state index contributed by atoms with van der Waals surface area (Å²) in [6.45, 7) is 4.72. The third-order valence-electron chi connectivity index (χ3n) is 3.94. The summed E-state index contributed by atoms with van der Waals surface area (Å²) in [7, 11) is 3.26. The van der Waals surface area contributed by atoms with E-state index in [1.807, 2.05) is 43.1 Å². The van der Waals surface area contributed by atoms with Gasteiger partial charge in [0.25, 0.3) is 0 Å². The monoisotopic (exact) mass is 355 g/mol. The molecule has 0 N–H and O–H groups in total. The lowest BCUT2D eigenvalue weighted by Gasteiger charge is -2.11. The minimum atomic E-state index is -0.403. The number of ether oxygens (including phenoxy) is 1. The zero-order valence-corrected chi connectivity index (χ0v) is 15.3. The smallest absolute Gasteiger partial charge is 0.341 e. The first-order valence-corrected chi connectivity index (χ1v) is 8.22. The van der Waals surface area contributed by atoms with Crippen molar-refractivity contribution in [3.8, 4) is 11.5 Å². The number of esters is 1. The van der Waals surface area contributed by atoms with Gasteiger partial charge < -0.3 is 13.6 Å². The number of aromatic nitrogens is 2. The topological polar surface area (TPSA) is 81.6 Å². The van der Waals surface area contributed by atoms with Gasteiger partial charge in [0.05, 0.1) is 20.2 Å². The molecule has 0 aliphatic carbocycles. The van der Waals surface area contributed by atoms with Gasteiger partial charge in [0.15, 0.2) is 0 Å². The molecule has 0 aliphatic rings. The molecule has 3 aromatic rings. The third kappa shape index (κ3) is 4.00. The highest BCUT2D eigenvalue weighted by atomic mass is 16.5. The summed E-state index contributed by atoms with van der Waals surface area (Å²) in [6, 6.07) is 9.61. The Morgan fingerprint density at radius 2 is 1.96 bits per heavy atom. The van der Waals surface area contributed by atoms with Gasteiger partial charge >= 0.3 is 5.97 Å². The lowest BCUT2D eigenvalue weighted by atomic mass is 10.1. The van der Waals surface area contributed by atoms with E-state index in [0.29, 0.717) is 42.0 Å². The summed E-state index contributed by atoms with van der Waals surface area (Å²) in [6.07, 6.45) is 0.